The van der Waals surface area contributed by atoms with Gasteiger partial charge in [0, 0.05) is 7.14 Å². The van der Waals surface area contributed by atoms with Crippen LogP contribution >= 0.6 is 136 Å². The number of aliphatic hydroxyl groups is 9. The molecule has 2 aromatic rings. The second-order valence-corrected chi connectivity index (χ2v) is 20.3. The molecule has 0 radical (unpaired) electrons. The smallest absolute Gasteiger partial charge is 0.255 e. The molecule has 13 N–H and O–H groups in total. The molecule has 2 rings (SSSR count). The minimum Gasteiger partial charge on any atom is -0.391 e. The van der Waals surface area contributed by atoms with Gasteiger partial charge in [-0.1, -0.05) is 0 Å². The molecular weight excluding hydrogens is 1480 g/mol. The fourth-order valence-corrected chi connectivity index (χ4v) is 14.4. The van der Waals surface area contributed by atoms with Crippen molar-refractivity contribution in [2.45, 2.75) is 56.7 Å². The summed E-state index contributed by atoms with van der Waals surface area (Å²) in [6.45, 7) is -0.600. The maximum absolute atomic E-state index is 13.6. The van der Waals surface area contributed by atoms with Crippen LogP contribution in [0, 0.1) is 21.4 Å². The van der Waals surface area contributed by atoms with Gasteiger partial charge in [-0.05, 0) is 163 Å². The van der Waals surface area contributed by atoms with Crippen LogP contribution in [0.15, 0.2) is 0 Å². The van der Waals surface area contributed by atoms with Gasteiger partial charge < -0.3 is 77.0 Å². The molecule has 0 spiro atoms. The summed E-state index contributed by atoms with van der Waals surface area (Å²) in [5, 5.41) is 100. The molecule has 0 heterocycles. The summed E-state index contributed by atoms with van der Waals surface area (Å²) >= 11 is 10.1. The predicted octanol–water partition coefficient (Wildman–Crippen LogP) is -0.977. The van der Waals surface area contributed by atoms with Crippen LogP contribution in [0.2, 0.25) is 0 Å². The zero-order chi connectivity index (χ0) is 46.5. The first kappa shape index (κ1) is 55.4. The molecule has 27 heteroatoms. The van der Waals surface area contributed by atoms with E-state index < -0.39 is 92.1 Å². The number of anilines is 2. The van der Waals surface area contributed by atoms with Crippen LogP contribution in [-0.4, -0.2) is 151 Å². The molecule has 21 nitrogen and oxygen atoms in total. The third-order valence-electron chi connectivity index (χ3n) is 7.90. The minimum absolute atomic E-state index is 0.00946. The van der Waals surface area contributed by atoms with E-state index in [0.29, 0.717) is 0 Å². The predicted molar refractivity (Wildman–Crippen MR) is 263 cm³/mol. The maximum atomic E-state index is 13.6. The minimum atomic E-state index is -2.15. The van der Waals surface area contributed by atoms with E-state index in [-0.39, 0.29) is 67.9 Å². The second kappa shape index (κ2) is 22.5. The van der Waals surface area contributed by atoms with Crippen LogP contribution in [0.3, 0.4) is 0 Å². The van der Waals surface area contributed by atoms with E-state index in [1.807, 2.05) is 0 Å². The molecule has 0 aliphatic rings. The Morgan fingerprint density at radius 1 is 0.500 bits per heavy atom. The van der Waals surface area contributed by atoms with E-state index in [0.717, 1.165) is 37.5 Å². The number of halogens is 6. The molecule has 0 saturated carbocycles. The molecule has 60 heavy (non-hydrogen) atoms. The van der Waals surface area contributed by atoms with Crippen LogP contribution in [0.5, 0.6) is 0 Å². The summed E-state index contributed by atoms with van der Waals surface area (Å²) in [6, 6.07) is 0. The third-order valence-corrected chi connectivity index (χ3v) is 14.3. The van der Waals surface area contributed by atoms with Crippen molar-refractivity contribution < 1.29 is 74.7 Å². The van der Waals surface area contributed by atoms with Gasteiger partial charge in [0.1, 0.15) is 0 Å². The van der Waals surface area contributed by atoms with Gasteiger partial charge in [0.2, 0.25) is 12.8 Å². The maximum Gasteiger partial charge on any atom is 0.255 e. The number of aliphatic hydroxyl groups excluding tert-OH is 5. The van der Waals surface area contributed by atoms with Crippen LogP contribution in [0.4, 0.5) is 11.4 Å². The number of hydrogen-bond donors (Lipinski definition) is 13. The molecule has 0 fully saturated rings. The molecule has 6 amide bonds. The highest BCUT2D eigenvalue weighted by atomic mass is 127. The number of nitrogens with zero attached hydrogens (tertiary/aromatic N) is 2. The van der Waals surface area contributed by atoms with Gasteiger partial charge in [-0.25, -0.2) is 0 Å². The summed E-state index contributed by atoms with van der Waals surface area (Å²) < 4.78 is -0.0368. The quantitative estimate of drug-likeness (QED) is 0.0431. The molecule has 0 saturated heterocycles. The van der Waals surface area contributed by atoms with Crippen LogP contribution in [-0.2, 0) is 9.59 Å². The standard InChI is InChI=1S/C33H40I6N6O15/c1-30(57,7-46)40-26(53)14-18(34)15(27(54)41-31(2,58)8-47)21(37)24(20(14)36)44(11-50)5-13(52)6-45(12-51)25-22(38)16(28(55)42-32(3,59)9-48)19(35)17(23(25)39)29(56)43-33(4,60)10-49/h11-13,46-49,52,57-60H,5-10H2,1-4H3,(H,40,53)(H,41,54)(H,42,55)(H,43,56). The van der Waals surface area contributed by atoms with Crippen molar-refractivity contribution in [1.29, 1.82) is 0 Å². The van der Waals surface area contributed by atoms with Crippen molar-refractivity contribution >= 4 is 183 Å². The summed E-state index contributed by atoms with van der Waals surface area (Å²) in [6.07, 6.45) is -1.18. The number of carbonyl (C=O) groups excluding carboxylic acids is 6. The number of nitrogens with one attached hydrogen (secondary N) is 4. The first-order chi connectivity index (χ1) is 27.5. The molecule has 2 aromatic carbocycles. The zero-order valence-corrected chi connectivity index (χ0v) is 44.6. The Bertz CT molecular complexity index is 1770. The SMILES string of the molecule is CC(O)(CO)NC(=O)c1c(I)c(C(=O)NC(C)(O)CO)c(I)c(N(C=O)CC(O)CN(C=O)c2c(I)c(C(=O)NC(C)(O)CO)c(I)c(C(=O)NC(C)(O)CO)c2I)c1I. The Labute approximate surface area is 424 Å². The third kappa shape index (κ3) is 13.7. The van der Waals surface area contributed by atoms with Gasteiger partial charge in [0.25, 0.3) is 23.6 Å². The lowest BCUT2D eigenvalue weighted by Gasteiger charge is -2.31. The Kier molecular flexibility index (Phi) is 20.7. The van der Waals surface area contributed by atoms with Crippen molar-refractivity contribution in [3.8, 4) is 0 Å². The van der Waals surface area contributed by atoms with Crippen molar-refractivity contribution in [3.63, 3.8) is 0 Å². The van der Waals surface area contributed by atoms with E-state index >= 15 is 0 Å². The Hall–Kier alpha value is -0.720. The van der Waals surface area contributed by atoms with Crippen LogP contribution in [0.1, 0.15) is 69.1 Å². The largest absolute Gasteiger partial charge is 0.391 e. The molecule has 4 atom stereocenters. The summed E-state index contributed by atoms with van der Waals surface area (Å²) in [5.41, 5.74) is -9.94. The summed E-state index contributed by atoms with van der Waals surface area (Å²) in [7, 11) is 0. The Morgan fingerprint density at radius 2 is 0.700 bits per heavy atom. The van der Waals surface area contributed by atoms with Crippen molar-refractivity contribution in [3.05, 3.63) is 43.7 Å². The van der Waals surface area contributed by atoms with Gasteiger partial charge in [-0.3, -0.25) is 28.8 Å². The van der Waals surface area contributed by atoms with E-state index in [1.165, 1.54) is 0 Å². The fourth-order valence-electron chi connectivity index (χ4n) is 4.88. The van der Waals surface area contributed by atoms with E-state index in [4.69, 9.17) is 0 Å². The number of hydrogen-bond acceptors (Lipinski definition) is 15. The van der Waals surface area contributed by atoms with Crippen molar-refractivity contribution in [2.24, 2.45) is 0 Å². The van der Waals surface area contributed by atoms with Gasteiger partial charge in [-0.15, -0.1) is 0 Å². The molecule has 0 bridgehead atoms. The number of rotatable bonds is 20. The molecule has 0 aliphatic carbocycles. The first-order valence-electron chi connectivity index (χ1n) is 16.7. The first-order valence-corrected chi connectivity index (χ1v) is 23.1. The van der Waals surface area contributed by atoms with Gasteiger partial charge in [0.05, 0.1) is 93.5 Å². The number of carbonyl (C=O) groups is 6. The molecule has 4 unspecified atom stereocenters. The van der Waals surface area contributed by atoms with E-state index in [9.17, 15) is 74.7 Å². The number of amides is 6. The van der Waals surface area contributed by atoms with E-state index in [2.05, 4.69) is 21.3 Å². The van der Waals surface area contributed by atoms with Crippen LogP contribution < -0.4 is 31.1 Å². The van der Waals surface area contributed by atoms with Gasteiger partial charge in [0.15, 0.2) is 22.9 Å². The fraction of sp³-hybridized carbons (Fsp3) is 0.455. The Balaban J connectivity index is 2.85. The highest BCUT2D eigenvalue weighted by molar-refractivity contribution is 14.1. The zero-order valence-electron chi connectivity index (χ0n) is 31.6. The summed E-state index contributed by atoms with van der Waals surface area (Å²) in [5.74, 6) is -4.04. The Morgan fingerprint density at radius 3 is 0.867 bits per heavy atom. The monoisotopic (exact) mass is 1520 g/mol. The highest BCUT2D eigenvalue weighted by Crippen LogP contribution is 2.40. The van der Waals surface area contributed by atoms with E-state index in [1.54, 1.807) is 136 Å². The second-order valence-electron chi connectivity index (χ2n) is 13.8. The average molecular weight is 1520 g/mol. The molecule has 334 valence electrons. The topological polar surface area (TPSA) is 339 Å². The van der Waals surface area contributed by atoms with Gasteiger partial charge in [-0.2, -0.15) is 0 Å². The molecular formula is C33H40I6N6O15. The van der Waals surface area contributed by atoms with Crippen molar-refractivity contribution in [1.82, 2.24) is 21.3 Å². The number of benzene rings is 2. The molecule has 0 aliphatic heterocycles. The lowest BCUT2D eigenvalue weighted by Crippen LogP contribution is -2.50. The van der Waals surface area contributed by atoms with Crippen LogP contribution in [0.25, 0.3) is 0 Å². The highest BCUT2D eigenvalue weighted by Gasteiger charge is 2.37. The normalized spacial score (nSPS) is 15.8. The molecule has 0 aromatic heterocycles. The average Bonchev–Trinajstić information content (AvgIpc) is 3.12. The van der Waals surface area contributed by atoms with Gasteiger partial charge >= 0.3 is 0 Å². The summed E-state index contributed by atoms with van der Waals surface area (Å²) in [4.78, 5) is 81.9. The lowest BCUT2D eigenvalue weighted by atomic mass is 10.0. The lowest BCUT2D eigenvalue weighted by molar-refractivity contribution is -0.108. The van der Waals surface area contributed by atoms with Crippen molar-refractivity contribution in [2.75, 3.05) is 49.3 Å².